The molecule has 0 spiro atoms. The standard InChI is InChI=1S/C26H35N3O6Si/c1-26(2,3)35-25(32)28-22(24(30)31)18-7-9-19(10-8-18)34-21-11-13-27-23-20(21)12-14-29(23)17-33-15-16-36(4,5)6/h7-14,22H,15-17H2,1-6H3,(H,28,32)(H,30,31). The number of rotatable bonds is 10. The maximum atomic E-state index is 12.1. The van der Waals surface area contributed by atoms with E-state index in [0.717, 1.165) is 23.7 Å². The van der Waals surface area contributed by atoms with E-state index in [-0.39, 0.29) is 0 Å². The lowest BCUT2D eigenvalue weighted by molar-refractivity contribution is -0.139. The molecule has 3 aromatic rings. The van der Waals surface area contributed by atoms with Crippen LogP contribution in [0.5, 0.6) is 11.5 Å². The molecule has 0 aliphatic carbocycles. The van der Waals surface area contributed by atoms with Gasteiger partial charge in [0.15, 0.2) is 6.04 Å². The van der Waals surface area contributed by atoms with Gasteiger partial charge >= 0.3 is 12.1 Å². The largest absolute Gasteiger partial charge is 0.479 e. The molecule has 1 unspecified atom stereocenters. The van der Waals surface area contributed by atoms with Gasteiger partial charge in [0.1, 0.15) is 29.5 Å². The molecule has 2 N–H and O–H groups in total. The van der Waals surface area contributed by atoms with Gasteiger partial charge in [0.2, 0.25) is 0 Å². The van der Waals surface area contributed by atoms with Gasteiger partial charge in [-0.05, 0) is 56.6 Å². The summed E-state index contributed by atoms with van der Waals surface area (Å²) in [4.78, 5) is 28.3. The third-order valence-corrected chi connectivity index (χ3v) is 6.90. The second-order valence-corrected chi connectivity index (χ2v) is 16.4. The van der Waals surface area contributed by atoms with Crippen LogP contribution in [0.15, 0.2) is 48.8 Å². The van der Waals surface area contributed by atoms with Gasteiger partial charge in [-0.2, -0.15) is 0 Å². The highest BCUT2D eigenvalue weighted by molar-refractivity contribution is 6.76. The number of nitrogens with one attached hydrogen (secondary N) is 1. The second kappa shape index (κ2) is 11.1. The van der Waals surface area contributed by atoms with Gasteiger partial charge in [-0.1, -0.05) is 31.8 Å². The smallest absolute Gasteiger partial charge is 0.408 e. The lowest BCUT2D eigenvalue weighted by atomic mass is 10.1. The number of benzene rings is 1. The molecular weight excluding hydrogens is 478 g/mol. The molecule has 0 aliphatic rings. The normalized spacial score (nSPS) is 12.8. The summed E-state index contributed by atoms with van der Waals surface area (Å²) in [5, 5.41) is 12.8. The number of alkyl carbamates (subject to hydrolysis) is 1. The van der Waals surface area contributed by atoms with E-state index < -0.39 is 31.8 Å². The zero-order valence-electron chi connectivity index (χ0n) is 21.7. The Kier molecular flexibility index (Phi) is 8.42. The minimum absolute atomic E-state index is 0.391. The minimum Gasteiger partial charge on any atom is -0.479 e. The number of pyridine rings is 1. The molecular formula is C26H35N3O6Si. The third kappa shape index (κ3) is 7.82. The van der Waals surface area contributed by atoms with Gasteiger partial charge < -0.3 is 29.2 Å². The van der Waals surface area contributed by atoms with Crippen molar-refractivity contribution in [3.05, 3.63) is 54.4 Å². The molecule has 0 saturated carbocycles. The first-order valence-corrected chi connectivity index (χ1v) is 15.5. The number of carbonyl (C=O) groups excluding carboxylic acids is 1. The molecule has 0 bridgehead atoms. The molecule has 0 fully saturated rings. The zero-order chi connectivity index (χ0) is 26.5. The van der Waals surface area contributed by atoms with Crippen molar-refractivity contribution >= 4 is 31.2 Å². The topological polar surface area (TPSA) is 112 Å². The lowest BCUT2D eigenvalue weighted by Crippen LogP contribution is -2.38. The fourth-order valence-corrected chi connectivity index (χ4v) is 4.13. The summed E-state index contributed by atoms with van der Waals surface area (Å²) in [6.45, 7) is 13.2. The first kappa shape index (κ1) is 27.2. The number of carbonyl (C=O) groups is 2. The number of carboxylic acids is 1. The summed E-state index contributed by atoms with van der Waals surface area (Å²) < 4.78 is 19.0. The minimum atomic E-state index is -1.25. The van der Waals surface area contributed by atoms with Crippen LogP contribution in [0.25, 0.3) is 11.0 Å². The molecule has 0 saturated heterocycles. The van der Waals surface area contributed by atoms with Crippen molar-refractivity contribution in [1.82, 2.24) is 14.9 Å². The van der Waals surface area contributed by atoms with Crippen LogP contribution in [-0.2, 0) is 21.0 Å². The number of carboxylic acid groups (broad SMARTS) is 1. The SMILES string of the molecule is CC(C)(C)OC(=O)NC(C(=O)O)c1ccc(Oc2ccnc3c2ccn3COCC[Si](C)(C)C)cc1. The fraction of sp³-hybridized carbons (Fsp3) is 0.423. The van der Waals surface area contributed by atoms with E-state index in [4.69, 9.17) is 14.2 Å². The van der Waals surface area contributed by atoms with Crippen LogP contribution in [-0.4, -0.2) is 47.0 Å². The van der Waals surface area contributed by atoms with Gasteiger partial charge in [0.05, 0.1) is 5.39 Å². The fourth-order valence-electron chi connectivity index (χ4n) is 3.37. The van der Waals surface area contributed by atoms with Crippen molar-refractivity contribution < 1.29 is 28.9 Å². The van der Waals surface area contributed by atoms with Crippen LogP contribution in [0.1, 0.15) is 32.4 Å². The van der Waals surface area contributed by atoms with Crippen molar-refractivity contribution in [2.24, 2.45) is 0 Å². The average Bonchev–Trinajstić information content (AvgIpc) is 3.18. The second-order valence-electron chi connectivity index (χ2n) is 10.8. The summed E-state index contributed by atoms with van der Waals surface area (Å²) in [6.07, 6.45) is 2.79. The van der Waals surface area contributed by atoms with E-state index in [1.807, 2.05) is 16.8 Å². The Bertz CT molecular complexity index is 1200. The Labute approximate surface area is 212 Å². The summed E-state index contributed by atoms with van der Waals surface area (Å²) in [5.41, 5.74) is 0.409. The van der Waals surface area contributed by atoms with E-state index >= 15 is 0 Å². The van der Waals surface area contributed by atoms with Crippen LogP contribution >= 0.6 is 0 Å². The monoisotopic (exact) mass is 513 g/mol. The van der Waals surface area contributed by atoms with E-state index in [9.17, 15) is 14.7 Å². The average molecular weight is 514 g/mol. The van der Waals surface area contributed by atoms with E-state index in [0.29, 0.717) is 23.8 Å². The van der Waals surface area contributed by atoms with Gasteiger partial charge in [-0.3, -0.25) is 0 Å². The Balaban J connectivity index is 1.69. The number of aliphatic carboxylic acids is 1. The van der Waals surface area contributed by atoms with Gasteiger partial charge in [0.25, 0.3) is 0 Å². The zero-order valence-corrected chi connectivity index (χ0v) is 22.7. The lowest BCUT2D eigenvalue weighted by Gasteiger charge is -2.22. The first-order chi connectivity index (χ1) is 16.8. The van der Waals surface area contributed by atoms with E-state index in [1.165, 1.54) is 0 Å². The van der Waals surface area contributed by atoms with Crippen molar-refractivity contribution in [2.45, 2.75) is 64.8 Å². The van der Waals surface area contributed by atoms with E-state index in [1.54, 1.807) is 57.3 Å². The maximum Gasteiger partial charge on any atom is 0.408 e. The molecule has 0 radical (unpaired) electrons. The third-order valence-electron chi connectivity index (χ3n) is 5.20. The van der Waals surface area contributed by atoms with Gasteiger partial charge in [-0.25, -0.2) is 14.6 Å². The molecule has 1 amide bonds. The van der Waals surface area contributed by atoms with Crippen LogP contribution in [0.2, 0.25) is 25.7 Å². The molecule has 3 rings (SSSR count). The Morgan fingerprint density at radius 2 is 1.81 bits per heavy atom. The Morgan fingerprint density at radius 3 is 2.42 bits per heavy atom. The first-order valence-electron chi connectivity index (χ1n) is 11.8. The van der Waals surface area contributed by atoms with Crippen molar-refractivity contribution in [3.63, 3.8) is 0 Å². The number of amides is 1. The number of hydrogen-bond donors (Lipinski definition) is 2. The molecule has 1 aromatic carbocycles. The van der Waals surface area contributed by atoms with Crippen LogP contribution in [0, 0.1) is 0 Å². The highest BCUT2D eigenvalue weighted by Crippen LogP contribution is 2.30. The summed E-state index contributed by atoms with van der Waals surface area (Å²) in [7, 11) is -1.15. The van der Waals surface area contributed by atoms with Crippen molar-refractivity contribution in [1.29, 1.82) is 0 Å². The highest BCUT2D eigenvalue weighted by Gasteiger charge is 2.25. The summed E-state index contributed by atoms with van der Waals surface area (Å²) in [6, 6.07) is 10.1. The molecule has 1 atom stereocenters. The van der Waals surface area contributed by atoms with Gasteiger partial charge in [-0.15, -0.1) is 0 Å². The molecule has 36 heavy (non-hydrogen) atoms. The summed E-state index contributed by atoms with van der Waals surface area (Å²) in [5.74, 6) is -0.0548. The van der Waals surface area contributed by atoms with Gasteiger partial charge in [0, 0.05) is 27.1 Å². The summed E-state index contributed by atoms with van der Waals surface area (Å²) >= 11 is 0. The molecule has 2 heterocycles. The number of nitrogens with zero attached hydrogens (tertiary/aromatic N) is 2. The molecule has 0 aliphatic heterocycles. The molecule has 9 nitrogen and oxygen atoms in total. The predicted molar refractivity (Wildman–Crippen MR) is 140 cm³/mol. The van der Waals surface area contributed by atoms with Crippen LogP contribution in [0.3, 0.4) is 0 Å². The maximum absolute atomic E-state index is 12.1. The number of ether oxygens (including phenoxy) is 3. The van der Waals surface area contributed by atoms with Crippen molar-refractivity contribution in [2.75, 3.05) is 6.61 Å². The number of fused-ring (bicyclic) bond motifs is 1. The quantitative estimate of drug-likeness (QED) is 0.261. The van der Waals surface area contributed by atoms with Crippen molar-refractivity contribution in [3.8, 4) is 11.5 Å². The number of aromatic nitrogens is 2. The number of hydrogen-bond acceptors (Lipinski definition) is 6. The van der Waals surface area contributed by atoms with E-state index in [2.05, 4.69) is 29.9 Å². The highest BCUT2D eigenvalue weighted by atomic mass is 28.3. The Morgan fingerprint density at radius 1 is 1.11 bits per heavy atom. The Hall–Kier alpha value is -3.37. The van der Waals surface area contributed by atoms with Crippen LogP contribution in [0.4, 0.5) is 4.79 Å². The predicted octanol–water partition coefficient (Wildman–Crippen LogP) is 5.79. The molecule has 2 aromatic heterocycles. The van der Waals surface area contributed by atoms with Crippen LogP contribution < -0.4 is 10.1 Å². The molecule has 194 valence electrons. The molecule has 10 heteroatoms.